The Morgan fingerprint density at radius 1 is 1.00 bits per heavy atom. The van der Waals surface area contributed by atoms with Crippen LogP contribution in [-0.2, 0) is 0 Å². The Morgan fingerprint density at radius 2 is 1.72 bits per heavy atom. The fourth-order valence-electron chi connectivity index (χ4n) is 3.78. The van der Waals surface area contributed by atoms with Crippen molar-refractivity contribution in [2.24, 2.45) is 5.41 Å². The first-order valence-corrected chi connectivity index (χ1v) is 8.02. The maximum absolute atomic E-state index is 12.0. The van der Waals surface area contributed by atoms with Crippen molar-refractivity contribution in [3.63, 3.8) is 0 Å². The molecular formula is C21H14N2O2. The predicted molar refractivity (Wildman–Crippen MR) is 92.8 cm³/mol. The van der Waals surface area contributed by atoms with Gasteiger partial charge in [-0.3, -0.25) is 0 Å². The van der Waals surface area contributed by atoms with Gasteiger partial charge < -0.3 is 4.42 Å². The normalized spacial score (nSPS) is 20.6. The molecule has 4 heteroatoms. The van der Waals surface area contributed by atoms with Crippen molar-refractivity contribution in [3.05, 3.63) is 81.7 Å². The summed E-state index contributed by atoms with van der Waals surface area (Å²) in [6, 6.07) is 21.0. The van der Waals surface area contributed by atoms with Crippen molar-refractivity contribution >= 4 is 11.0 Å². The molecule has 4 rings (SSSR count). The Bertz CT molecular complexity index is 1100. The minimum Gasteiger partial charge on any atom is -0.423 e. The molecule has 0 amide bonds. The van der Waals surface area contributed by atoms with E-state index in [1.54, 1.807) is 6.07 Å². The van der Waals surface area contributed by atoms with Gasteiger partial charge >= 0.3 is 5.63 Å². The number of nitrogens with zero attached hydrogens (tertiary/aromatic N) is 2. The molecule has 2 atom stereocenters. The number of rotatable bonds is 2. The monoisotopic (exact) mass is 326 g/mol. The third kappa shape index (κ3) is 2.16. The lowest BCUT2D eigenvalue weighted by Gasteiger charge is -2.06. The Kier molecular flexibility index (Phi) is 3.23. The second-order valence-electron chi connectivity index (χ2n) is 6.48. The van der Waals surface area contributed by atoms with Crippen LogP contribution in [0, 0.1) is 35.0 Å². The lowest BCUT2D eigenvalue weighted by atomic mass is 9.99. The van der Waals surface area contributed by atoms with Crippen molar-refractivity contribution in [3.8, 4) is 12.1 Å². The smallest absolute Gasteiger partial charge is 0.336 e. The maximum Gasteiger partial charge on any atom is 0.336 e. The number of hydrogen-bond acceptors (Lipinski definition) is 4. The van der Waals surface area contributed by atoms with E-state index in [4.69, 9.17) is 4.42 Å². The highest BCUT2D eigenvalue weighted by Crippen LogP contribution is 2.70. The number of aryl methyl sites for hydroxylation is 1. The Morgan fingerprint density at radius 3 is 2.40 bits per heavy atom. The molecule has 1 saturated carbocycles. The highest BCUT2D eigenvalue weighted by atomic mass is 16.4. The van der Waals surface area contributed by atoms with E-state index in [1.165, 1.54) is 6.07 Å². The van der Waals surface area contributed by atoms with Gasteiger partial charge in [0.2, 0.25) is 0 Å². The van der Waals surface area contributed by atoms with E-state index >= 15 is 0 Å². The minimum absolute atomic E-state index is 0.255. The van der Waals surface area contributed by atoms with E-state index in [9.17, 15) is 15.3 Å². The summed E-state index contributed by atoms with van der Waals surface area (Å²) in [5, 5.41) is 20.2. The number of fused-ring (bicyclic) bond motifs is 1. The SMILES string of the molecule is Cc1ccc2c(C3C(c4ccccc4)C3(C#N)C#N)cc(=O)oc2c1. The molecule has 0 N–H and O–H groups in total. The van der Waals surface area contributed by atoms with Crippen molar-refractivity contribution in [2.75, 3.05) is 0 Å². The van der Waals surface area contributed by atoms with Crippen LogP contribution in [0.25, 0.3) is 11.0 Å². The predicted octanol–water partition coefficient (Wildman–Crippen LogP) is 4.02. The van der Waals surface area contributed by atoms with Gasteiger partial charge in [-0.15, -0.1) is 0 Å². The summed E-state index contributed by atoms with van der Waals surface area (Å²) in [4.78, 5) is 12.0. The molecule has 3 aromatic rings. The van der Waals surface area contributed by atoms with E-state index in [2.05, 4.69) is 12.1 Å². The van der Waals surface area contributed by atoms with Crippen LogP contribution in [-0.4, -0.2) is 0 Å². The van der Waals surface area contributed by atoms with Gasteiger partial charge in [0.15, 0.2) is 5.41 Å². The molecule has 120 valence electrons. The molecule has 2 unspecified atom stereocenters. The second-order valence-corrected chi connectivity index (χ2v) is 6.48. The van der Waals surface area contributed by atoms with E-state index in [0.29, 0.717) is 11.1 Å². The van der Waals surface area contributed by atoms with Crippen LogP contribution in [0.3, 0.4) is 0 Å². The summed E-state index contributed by atoms with van der Waals surface area (Å²) in [5.74, 6) is -0.603. The van der Waals surface area contributed by atoms with Crippen LogP contribution in [0.15, 0.2) is 63.8 Å². The molecular weight excluding hydrogens is 312 g/mol. The van der Waals surface area contributed by atoms with Crippen molar-refractivity contribution in [2.45, 2.75) is 18.8 Å². The summed E-state index contributed by atoms with van der Waals surface area (Å²) < 4.78 is 5.32. The second kappa shape index (κ2) is 5.33. The topological polar surface area (TPSA) is 77.8 Å². The molecule has 1 fully saturated rings. The molecule has 0 spiro atoms. The lowest BCUT2D eigenvalue weighted by molar-refractivity contribution is 0.558. The van der Waals surface area contributed by atoms with E-state index in [1.807, 2.05) is 49.4 Å². The first-order chi connectivity index (χ1) is 12.1. The van der Waals surface area contributed by atoms with E-state index < -0.39 is 11.0 Å². The molecule has 0 radical (unpaired) electrons. The number of hydrogen-bond donors (Lipinski definition) is 0. The summed E-state index contributed by atoms with van der Waals surface area (Å²) in [5.41, 5.74) is 1.50. The summed E-state index contributed by atoms with van der Waals surface area (Å²) >= 11 is 0. The molecule has 1 aliphatic rings. The number of benzene rings is 2. The minimum atomic E-state index is -1.16. The first-order valence-electron chi connectivity index (χ1n) is 8.02. The van der Waals surface area contributed by atoms with Gasteiger partial charge in [-0.2, -0.15) is 10.5 Å². The van der Waals surface area contributed by atoms with Crippen molar-refractivity contribution in [1.29, 1.82) is 10.5 Å². The molecule has 1 aliphatic carbocycles. The highest BCUT2D eigenvalue weighted by Gasteiger charge is 2.68. The van der Waals surface area contributed by atoms with Crippen LogP contribution >= 0.6 is 0 Å². The molecule has 0 bridgehead atoms. The zero-order valence-corrected chi connectivity index (χ0v) is 13.6. The third-order valence-electron chi connectivity index (χ3n) is 5.00. The van der Waals surface area contributed by atoms with Crippen LogP contribution in [0.5, 0.6) is 0 Å². The standard InChI is InChI=1S/C21H14N2O2/c1-13-7-8-15-16(10-18(24)25-17(15)9-13)20-19(21(20,11-22)12-23)14-5-3-2-4-6-14/h2-10,19-20H,1H3. The average molecular weight is 326 g/mol. The molecule has 25 heavy (non-hydrogen) atoms. The largest absolute Gasteiger partial charge is 0.423 e. The lowest BCUT2D eigenvalue weighted by Crippen LogP contribution is -2.03. The van der Waals surface area contributed by atoms with Gasteiger partial charge in [-0.05, 0) is 29.7 Å². The van der Waals surface area contributed by atoms with Crippen LogP contribution in [0.2, 0.25) is 0 Å². The summed E-state index contributed by atoms with van der Waals surface area (Å²) in [7, 11) is 0. The van der Waals surface area contributed by atoms with Gasteiger partial charge in [0.1, 0.15) is 5.58 Å². The fourth-order valence-corrected chi connectivity index (χ4v) is 3.78. The summed E-state index contributed by atoms with van der Waals surface area (Å²) in [6.45, 7) is 1.92. The van der Waals surface area contributed by atoms with Crippen molar-refractivity contribution in [1.82, 2.24) is 0 Å². The maximum atomic E-state index is 12.0. The highest BCUT2D eigenvalue weighted by molar-refractivity contribution is 5.83. The van der Waals surface area contributed by atoms with Gasteiger partial charge in [-0.25, -0.2) is 4.79 Å². The Hall–Kier alpha value is -3.37. The quantitative estimate of drug-likeness (QED) is 0.666. The third-order valence-corrected chi connectivity index (χ3v) is 5.00. The Balaban J connectivity index is 1.95. The molecule has 1 aromatic heterocycles. The first kappa shape index (κ1) is 15.2. The zero-order chi connectivity index (χ0) is 17.6. The molecule has 4 nitrogen and oxygen atoms in total. The van der Waals surface area contributed by atoms with E-state index in [0.717, 1.165) is 16.5 Å². The van der Waals surface area contributed by atoms with Gasteiger partial charge in [0, 0.05) is 23.3 Å². The molecule has 2 aromatic carbocycles. The molecule has 0 aliphatic heterocycles. The van der Waals surface area contributed by atoms with E-state index in [-0.39, 0.29) is 11.8 Å². The summed E-state index contributed by atoms with van der Waals surface area (Å²) in [6.07, 6.45) is 0. The molecule has 0 saturated heterocycles. The number of nitriles is 2. The fraction of sp³-hybridized carbons (Fsp3) is 0.190. The van der Waals surface area contributed by atoms with Gasteiger partial charge in [0.25, 0.3) is 0 Å². The Labute approximate surface area is 144 Å². The van der Waals surface area contributed by atoms with Gasteiger partial charge in [0.05, 0.1) is 12.1 Å². The van der Waals surface area contributed by atoms with Crippen LogP contribution in [0.1, 0.15) is 28.5 Å². The average Bonchev–Trinajstić information content (AvgIpc) is 3.30. The molecule has 1 heterocycles. The van der Waals surface area contributed by atoms with Crippen molar-refractivity contribution < 1.29 is 4.42 Å². The van der Waals surface area contributed by atoms with Gasteiger partial charge in [-0.1, -0.05) is 42.5 Å². The van der Waals surface area contributed by atoms with Crippen LogP contribution < -0.4 is 5.63 Å². The zero-order valence-electron chi connectivity index (χ0n) is 13.6. The van der Waals surface area contributed by atoms with Crippen LogP contribution in [0.4, 0.5) is 0 Å².